The van der Waals surface area contributed by atoms with Crippen LogP contribution in [0.15, 0.2) is 12.3 Å². The molecular formula is C14H21N3O3. The smallest absolute Gasteiger partial charge is 0.307 e. The second-order valence-electron chi connectivity index (χ2n) is 5.61. The second-order valence-corrected chi connectivity index (χ2v) is 5.61. The third-order valence-corrected chi connectivity index (χ3v) is 4.06. The molecule has 6 nitrogen and oxygen atoms in total. The van der Waals surface area contributed by atoms with E-state index in [0.717, 1.165) is 5.69 Å². The van der Waals surface area contributed by atoms with Crippen molar-refractivity contribution in [3.05, 3.63) is 18.0 Å². The van der Waals surface area contributed by atoms with Gasteiger partial charge in [-0.05, 0) is 24.8 Å². The van der Waals surface area contributed by atoms with E-state index >= 15 is 0 Å². The fraction of sp³-hybridized carbons (Fsp3) is 0.643. The summed E-state index contributed by atoms with van der Waals surface area (Å²) < 4.78 is 1.77. The standard InChI is InChI=1S/C14H21N3O3/c1-9-7-11(12(8-9)14(19)20)13(18)15-5-3-10-4-6-16-17(10)2/h4,6,9,11-12H,3,5,7-8H2,1-2H3,(H,15,18)(H,19,20). The van der Waals surface area contributed by atoms with Gasteiger partial charge < -0.3 is 10.4 Å². The highest BCUT2D eigenvalue weighted by molar-refractivity contribution is 5.85. The predicted molar refractivity (Wildman–Crippen MR) is 72.9 cm³/mol. The van der Waals surface area contributed by atoms with E-state index < -0.39 is 17.8 Å². The normalized spacial score (nSPS) is 25.6. The summed E-state index contributed by atoms with van der Waals surface area (Å²) in [6, 6.07) is 1.91. The Morgan fingerprint density at radius 1 is 1.45 bits per heavy atom. The predicted octanol–water partition coefficient (Wildman–Crippen LogP) is 0.826. The van der Waals surface area contributed by atoms with Crippen molar-refractivity contribution < 1.29 is 14.7 Å². The molecule has 1 aliphatic carbocycles. The first kappa shape index (κ1) is 14.6. The maximum atomic E-state index is 12.1. The molecule has 0 radical (unpaired) electrons. The molecule has 0 aliphatic heterocycles. The lowest BCUT2D eigenvalue weighted by Crippen LogP contribution is -2.36. The highest BCUT2D eigenvalue weighted by Crippen LogP contribution is 2.36. The summed E-state index contributed by atoms with van der Waals surface area (Å²) in [6.07, 6.45) is 3.67. The lowest BCUT2D eigenvalue weighted by molar-refractivity contribution is -0.146. The minimum Gasteiger partial charge on any atom is -0.481 e. The van der Waals surface area contributed by atoms with E-state index in [9.17, 15) is 14.7 Å². The molecule has 1 heterocycles. The number of carbonyl (C=O) groups excluding carboxylic acids is 1. The third-order valence-electron chi connectivity index (χ3n) is 4.06. The number of aromatic nitrogens is 2. The largest absolute Gasteiger partial charge is 0.481 e. The highest BCUT2D eigenvalue weighted by Gasteiger charge is 2.40. The van der Waals surface area contributed by atoms with Gasteiger partial charge in [0.1, 0.15) is 0 Å². The Hall–Kier alpha value is -1.85. The van der Waals surface area contributed by atoms with Crippen molar-refractivity contribution in [2.75, 3.05) is 6.54 Å². The van der Waals surface area contributed by atoms with Gasteiger partial charge in [-0.1, -0.05) is 6.92 Å². The Balaban J connectivity index is 1.85. The molecule has 2 rings (SSSR count). The number of nitrogens with zero attached hydrogens (tertiary/aromatic N) is 2. The topological polar surface area (TPSA) is 84.2 Å². The van der Waals surface area contributed by atoms with E-state index in [1.807, 2.05) is 20.0 Å². The van der Waals surface area contributed by atoms with Gasteiger partial charge in [-0.15, -0.1) is 0 Å². The SMILES string of the molecule is CC1CC(C(=O)O)C(C(=O)NCCc2ccnn2C)C1. The molecule has 1 aromatic rings. The molecule has 0 bridgehead atoms. The molecule has 1 aliphatic rings. The van der Waals surface area contributed by atoms with Crippen molar-refractivity contribution >= 4 is 11.9 Å². The van der Waals surface area contributed by atoms with Crippen LogP contribution in [-0.2, 0) is 23.1 Å². The molecule has 1 amide bonds. The summed E-state index contributed by atoms with van der Waals surface area (Å²) in [5, 5.41) is 16.1. The van der Waals surface area contributed by atoms with Crippen molar-refractivity contribution in [3.63, 3.8) is 0 Å². The lowest BCUT2D eigenvalue weighted by atomic mass is 9.95. The molecule has 20 heavy (non-hydrogen) atoms. The molecule has 1 aromatic heterocycles. The number of carboxylic acids is 1. The molecule has 0 spiro atoms. The molecule has 6 heteroatoms. The Morgan fingerprint density at radius 2 is 2.15 bits per heavy atom. The van der Waals surface area contributed by atoms with Gasteiger partial charge in [0.2, 0.25) is 5.91 Å². The first-order valence-electron chi connectivity index (χ1n) is 6.96. The molecule has 1 saturated carbocycles. The number of aryl methyl sites for hydroxylation is 1. The maximum absolute atomic E-state index is 12.1. The summed E-state index contributed by atoms with van der Waals surface area (Å²) in [5.41, 5.74) is 1.04. The zero-order valence-corrected chi connectivity index (χ0v) is 11.9. The Labute approximate surface area is 118 Å². The minimum atomic E-state index is -0.860. The Morgan fingerprint density at radius 3 is 2.75 bits per heavy atom. The van der Waals surface area contributed by atoms with Crippen LogP contribution in [0.5, 0.6) is 0 Å². The maximum Gasteiger partial charge on any atom is 0.307 e. The molecular weight excluding hydrogens is 258 g/mol. The first-order chi connectivity index (χ1) is 9.49. The summed E-state index contributed by atoms with van der Waals surface area (Å²) in [4.78, 5) is 23.3. The van der Waals surface area contributed by atoms with Gasteiger partial charge in [-0.25, -0.2) is 0 Å². The van der Waals surface area contributed by atoms with Crippen LogP contribution in [0.25, 0.3) is 0 Å². The number of nitrogens with one attached hydrogen (secondary N) is 1. The van der Waals surface area contributed by atoms with E-state index in [4.69, 9.17) is 0 Å². The van der Waals surface area contributed by atoms with Gasteiger partial charge in [0.25, 0.3) is 0 Å². The highest BCUT2D eigenvalue weighted by atomic mass is 16.4. The number of hydrogen-bond acceptors (Lipinski definition) is 3. The van der Waals surface area contributed by atoms with Crippen LogP contribution in [-0.4, -0.2) is 33.3 Å². The number of carboxylic acid groups (broad SMARTS) is 1. The zero-order valence-electron chi connectivity index (χ0n) is 11.9. The second kappa shape index (κ2) is 6.07. The molecule has 2 N–H and O–H groups in total. The van der Waals surface area contributed by atoms with E-state index in [1.54, 1.807) is 10.9 Å². The monoisotopic (exact) mass is 279 g/mol. The van der Waals surface area contributed by atoms with Gasteiger partial charge in [-0.2, -0.15) is 5.10 Å². The quantitative estimate of drug-likeness (QED) is 0.836. The van der Waals surface area contributed by atoms with Crippen molar-refractivity contribution in [1.82, 2.24) is 15.1 Å². The molecule has 3 unspecified atom stereocenters. The van der Waals surface area contributed by atoms with Crippen molar-refractivity contribution in [2.45, 2.75) is 26.2 Å². The summed E-state index contributed by atoms with van der Waals surface area (Å²) >= 11 is 0. The van der Waals surface area contributed by atoms with Crippen LogP contribution < -0.4 is 5.32 Å². The minimum absolute atomic E-state index is 0.135. The molecule has 0 saturated heterocycles. The van der Waals surface area contributed by atoms with Crippen LogP contribution in [0.2, 0.25) is 0 Å². The van der Waals surface area contributed by atoms with Crippen LogP contribution in [0.3, 0.4) is 0 Å². The Bertz CT molecular complexity index is 498. The van der Waals surface area contributed by atoms with E-state index in [2.05, 4.69) is 10.4 Å². The molecule has 0 aromatic carbocycles. The van der Waals surface area contributed by atoms with Gasteiger partial charge in [0.05, 0.1) is 11.8 Å². The number of hydrogen-bond donors (Lipinski definition) is 2. The van der Waals surface area contributed by atoms with Crippen molar-refractivity contribution in [1.29, 1.82) is 0 Å². The van der Waals surface area contributed by atoms with Crippen LogP contribution in [0.4, 0.5) is 0 Å². The summed E-state index contributed by atoms with van der Waals surface area (Å²) in [7, 11) is 1.86. The fourth-order valence-corrected chi connectivity index (χ4v) is 2.95. The summed E-state index contributed by atoms with van der Waals surface area (Å²) in [5.74, 6) is -1.63. The van der Waals surface area contributed by atoms with Gasteiger partial charge >= 0.3 is 5.97 Å². The van der Waals surface area contributed by atoms with Crippen LogP contribution in [0, 0.1) is 17.8 Å². The lowest BCUT2D eigenvalue weighted by Gasteiger charge is -2.15. The Kier molecular flexibility index (Phi) is 4.42. The van der Waals surface area contributed by atoms with E-state index in [0.29, 0.717) is 31.7 Å². The average Bonchev–Trinajstić information content (AvgIpc) is 2.96. The number of carbonyl (C=O) groups is 2. The van der Waals surface area contributed by atoms with Gasteiger partial charge in [-0.3, -0.25) is 14.3 Å². The van der Waals surface area contributed by atoms with Crippen LogP contribution in [0.1, 0.15) is 25.5 Å². The van der Waals surface area contributed by atoms with Crippen molar-refractivity contribution in [2.24, 2.45) is 24.8 Å². The van der Waals surface area contributed by atoms with Gasteiger partial charge in [0.15, 0.2) is 0 Å². The number of amides is 1. The van der Waals surface area contributed by atoms with Gasteiger partial charge in [0, 0.05) is 31.9 Å². The summed E-state index contributed by atoms with van der Waals surface area (Å²) in [6.45, 7) is 2.51. The van der Waals surface area contributed by atoms with E-state index in [1.165, 1.54) is 0 Å². The third kappa shape index (κ3) is 3.18. The average molecular weight is 279 g/mol. The molecule has 110 valence electrons. The fourth-order valence-electron chi connectivity index (χ4n) is 2.95. The zero-order chi connectivity index (χ0) is 14.7. The number of aliphatic carboxylic acids is 1. The van der Waals surface area contributed by atoms with Crippen molar-refractivity contribution in [3.8, 4) is 0 Å². The van der Waals surface area contributed by atoms with Crippen LogP contribution >= 0.6 is 0 Å². The van der Waals surface area contributed by atoms with E-state index in [-0.39, 0.29) is 5.91 Å². The molecule has 3 atom stereocenters. The molecule has 1 fully saturated rings. The first-order valence-corrected chi connectivity index (χ1v) is 6.96. The number of rotatable bonds is 5.